The maximum atomic E-state index is 12.0. The van der Waals surface area contributed by atoms with Crippen LogP contribution in [0.5, 0.6) is 0 Å². The number of halogens is 2. The summed E-state index contributed by atoms with van der Waals surface area (Å²) in [5, 5.41) is 11.9. The minimum Gasteiger partial charge on any atom is -0.396 e. The van der Waals surface area contributed by atoms with E-state index in [4.69, 9.17) is 5.11 Å². The van der Waals surface area contributed by atoms with Crippen LogP contribution < -0.4 is 5.32 Å². The van der Waals surface area contributed by atoms with Crippen molar-refractivity contribution < 1.29 is 13.9 Å². The fraction of sp³-hybridized carbons (Fsp3) is 1.00. The van der Waals surface area contributed by atoms with Crippen LogP contribution in [-0.4, -0.2) is 55.8 Å². The summed E-state index contributed by atoms with van der Waals surface area (Å²) >= 11 is 0. The van der Waals surface area contributed by atoms with Crippen LogP contribution in [0.3, 0.4) is 0 Å². The van der Waals surface area contributed by atoms with Crippen LogP contribution in [0.1, 0.15) is 13.3 Å². The number of nitrogens with zero attached hydrogens (tertiary/aromatic N) is 1. The summed E-state index contributed by atoms with van der Waals surface area (Å²) < 4.78 is 24.0. The predicted octanol–water partition coefficient (Wildman–Crippen LogP) is 0.544. The van der Waals surface area contributed by atoms with Crippen molar-refractivity contribution in [2.75, 3.05) is 33.3 Å². The molecule has 3 nitrogen and oxygen atoms in total. The first-order valence-corrected chi connectivity index (χ1v) is 4.91. The fourth-order valence-electron chi connectivity index (χ4n) is 1.39. The topological polar surface area (TPSA) is 35.5 Å². The molecule has 5 heteroatoms. The molecule has 1 unspecified atom stereocenters. The van der Waals surface area contributed by atoms with Gasteiger partial charge in [0.25, 0.3) is 6.43 Å². The third-order valence-electron chi connectivity index (χ3n) is 1.95. The van der Waals surface area contributed by atoms with E-state index in [-0.39, 0.29) is 19.2 Å². The van der Waals surface area contributed by atoms with Crippen LogP contribution >= 0.6 is 0 Å². The van der Waals surface area contributed by atoms with E-state index >= 15 is 0 Å². The molecule has 0 aromatic heterocycles. The van der Waals surface area contributed by atoms with E-state index in [1.807, 2.05) is 6.92 Å². The lowest BCUT2D eigenvalue weighted by Gasteiger charge is -2.23. The average Bonchev–Trinajstić information content (AvgIpc) is 2.03. The van der Waals surface area contributed by atoms with E-state index in [0.717, 1.165) is 6.54 Å². The zero-order chi connectivity index (χ0) is 11.0. The SMILES string of the molecule is CCNC(CCO)CN(C)CC(F)F. The summed E-state index contributed by atoms with van der Waals surface area (Å²) in [6.07, 6.45) is -1.70. The minimum atomic E-state index is -2.29. The number of rotatable bonds is 8. The molecule has 0 bridgehead atoms. The lowest BCUT2D eigenvalue weighted by Crippen LogP contribution is -2.41. The standard InChI is InChI=1S/C9H20F2N2O/c1-3-12-8(4-5-14)6-13(2)7-9(10)11/h8-9,12,14H,3-7H2,1-2H3. The van der Waals surface area contributed by atoms with Crippen LogP contribution in [0.4, 0.5) is 8.78 Å². The molecule has 0 radical (unpaired) electrons. The molecule has 1 atom stereocenters. The van der Waals surface area contributed by atoms with Crippen LogP contribution in [0, 0.1) is 0 Å². The molecular weight excluding hydrogens is 190 g/mol. The van der Waals surface area contributed by atoms with Crippen molar-refractivity contribution in [2.45, 2.75) is 25.8 Å². The van der Waals surface area contributed by atoms with Gasteiger partial charge in [-0.1, -0.05) is 6.92 Å². The van der Waals surface area contributed by atoms with Gasteiger partial charge in [-0.3, -0.25) is 4.90 Å². The third-order valence-corrected chi connectivity index (χ3v) is 1.95. The van der Waals surface area contributed by atoms with Crippen molar-refractivity contribution in [1.82, 2.24) is 10.2 Å². The highest BCUT2D eigenvalue weighted by molar-refractivity contribution is 4.70. The van der Waals surface area contributed by atoms with E-state index in [1.165, 1.54) is 0 Å². The molecular formula is C9H20F2N2O. The molecule has 0 aromatic rings. The van der Waals surface area contributed by atoms with Crippen molar-refractivity contribution >= 4 is 0 Å². The summed E-state index contributed by atoms with van der Waals surface area (Å²) in [6, 6.07) is 0.0914. The maximum absolute atomic E-state index is 12.0. The van der Waals surface area contributed by atoms with Crippen molar-refractivity contribution in [1.29, 1.82) is 0 Å². The number of aliphatic hydroxyl groups is 1. The highest BCUT2D eigenvalue weighted by Gasteiger charge is 2.13. The Kier molecular flexibility index (Phi) is 7.93. The van der Waals surface area contributed by atoms with Gasteiger partial charge in [-0.15, -0.1) is 0 Å². The number of nitrogens with one attached hydrogen (secondary N) is 1. The van der Waals surface area contributed by atoms with E-state index < -0.39 is 6.43 Å². The van der Waals surface area contributed by atoms with Gasteiger partial charge in [0.05, 0.1) is 6.54 Å². The van der Waals surface area contributed by atoms with Crippen molar-refractivity contribution in [3.05, 3.63) is 0 Å². The number of hydrogen-bond acceptors (Lipinski definition) is 3. The first-order valence-electron chi connectivity index (χ1n) is 4.91. The number of likely N-dealkylation sites (N-methyl/N-ethyl adjacent to an activating group) is 2. The van der Waals surface area contributed by atoms with Gasteiger partial charge in [0.15, 0.2) is 0 Å². The highest BCUT2D eigenvalue weighted by Crippen LogP contribution is 1.99. The molecule has 14 heavy (non-hydrogen) atoms. The first-order chi connectivity index (χ1) is 6.60. The van der Waals surface area contributed by atoms with Gasteiger partial charge < -0.3 is 10.4 Å². The van der Waals surface area contributed by atoms with E-state index in [2.05, 4.69) is 5.32 Å². The van der Waals surface area contributed by atoms with Gasteiger partial charge in [-0.2, -0.15) is 0 Å². The van der Waals surface area contributed by atoms with Crippen LogP contribution in [-0.2, 0) is 0 Å². The number of aliphatic hydroxyl groups excluding tert-OH is 1. The Morgan fingerprint density at radius 1 is 1.36 bits per heavy atom. The summed E-state index contributed by atoms with van der Waals surface area (Å²) in [7, 11) is 1.66. The monoisotopic (exact) mass is 210 g/mol. The molecule has 0 aliphatic rings. The molecule has 0 heterocycles. The van der Waals surface area contributed by atoms with Crippen LogP contribution in [0.15, 0.2) is 0 Å². The Morgan fingerprint density at radius 3 is 2.43 bits per heavy atom. The van der Waals surface area contributed by atoms with Gasteiger partial charge in [0, 0.05) is 19.2 Å². The minimum absolute atomic E-state index is 0.0835. The van der Waals surface area contributed by atoms with Crippen molar-refractivity contribution in [3.63, 3.8) is 0 Å². The zero-order valence-electron chi connectivity index (χ0n) is 8.84. The Balaban J connectivity index is 3.76. The summed E-state index contributed by atoms with van der Waals surface area (Å²) in [4.78, 5) is 1.58. The van der Waals surface area contributed by atoms with E-state index in [1.54, 1.807) is 11.9 Å². The van der Waals surface area contributed by atoms with Gasteiger partial charge in [-0.05, 0) is 20.0 Å². The molecule has 0 spiro atoms. The predicted molar refractivity (Wildman–Crippen MR) is 52.7 cm³/mol. The molecule has 0 fully saturated rings. The molecule has 2 N–H and O–H groups in total. The Hall–Kier alpha value is -0.260. The second kappa shape index (κ2) is 8.08. The molecule has 0 aliphatic carbocycles. The summed E-state index contributed by atoms with van der Waals surface area (Å²) in [6.45, 7) is 3.15. The first kappa shape index (κ1) is 13.7. The lowest BCUT2D eigenvalue weighted by molar-refractivity contribution is 0.0940. The molecule has 0 saturated heterocycles. The molecule has 0 saturated carbocycles. The Labute approximate surface area is 84.1 Å². The molecule has 0 rings (SSSR count). The quantitative estimate of drug-likeness (QED) is 0.614. The van der Waals surface area contributed by atoms with E-state index in [9.17, 15) is 8.78 Å². The molecule has 0 aliphatic heterocycles. The van der Waals surface area contributed by atoms with Crippen LogP contribution in [0.25, 0.3) is 0 Å². The Morgan fingerprint density at radius 2 is 2.00 bits per heavy atom. The molecule has 0 aromatic carbocycles. The second-order valence-electron chi connectivity index (χ2n) is 3.38. The maximum Gasteiger partial charge on any atom is 0.251 e. The summed E-state index contributed by atoms with van der Waals surface area (Å²) in [5.41, 5.74) is 0. The van der Waals surface area contributed by atoms with Gasteiger partial charge in [-0.25, -0.2) is 8.78 Å². The van der Waals surface area contributed by atoms with Crippen LogP contribution in [0.2, 0.25) is 0 Å². The third kappa shape index (κ3) is 7.17. The zero-order valence-corrected chi connectivity index (χ0v) is 8.84. The molecule has 0 amide bonds. The summed E-state index contributed by atoms with van der Waals surface area (Å²) in [5.74, 6) is 0. The fourth-order valence-corrected chi connectivity index (χ4v) is 1.39. The smallest absolute Gasteiger partial charge is 0.251 e. The van der Waals surface area contributed by atoms with Gasteiger partial charge in [0.2, 0.25) is 0 Å². The lowest BCUT2D eigenvalue weighted by atomic mass is 10.2. The van der Waals surface area contributed by atoms with E-state index in [0.29, 0.717) is 13.0 Å². The average molecular weight is 210 g/mol. The number of alkyl halides is 2. The van der Waals surface area contributed by atoms with Gasteiger partial charge in [0.1, 0.15) is 0 Å². The second-order valence-corrected chi connectivity index (χ2v) is 3.38. The highest BCUT2D eigenvalue weighted by atomic mass is 19.3. The van der Waals surface area contributed by atoms with Gasteiger partial charge >= 0.3 is 0 Å². The van der Waals surface area contributed by atoms with Crippen molar-refractivity contribution in [2.24, 2.45) is 0 Å². The molecule has 86 valence electrons. The Bertz CT molecular complexity index is 130. The van der Waals surface area contributed by atoms with Crippen molar-refractivity contribution in [3.8, 4) is 0 Å². The largest absolute Gasteiger partial charge is 0.396 e. The number of hydrogen-bond donors (Lipinski definition) is 2. The normalized spacial score (nSPS) is 13.9.